The minimum Gasteiger partial charge on any atom is -0.381 e. The van der Waals surface area contributed by atoms with Crippen molar-refractivity contribution in [1.82, 2.24) is 15.0 Å². The number of amides is 1. The molecule has 2 aliphatic rings. The van der Waals surface area contributed by atoms with Crippen molar-refractivity contribution in [3.8, 4) is 0 Å². The third kappa shape index (κ3) is 4.23. The van der Waals surface area contributed by atoms with E-state index in [-0.39, 0.29) is 17.2 Å². The molecule has 150 valence electrons. The molecule has 1 atom stereocenters. The van der Waals surface area contributed by atoms with Crippen LogP contribution < -0.4 is 0 Å². The summed E-state index contributed by atoms with van der Waals surface area (Å²) in [6.07, 6.45) is 4.07. The first-order valence-corrected chi connectivity index (χ1v) is 10.4. The van der Waals surface area contributed by atoms with Gasteiger partial charge in [0, 0.05) is 42.7 Å². The van der Waals surface area contributed by atoms with Gasteiger partial charge in [0.15, 0.2) is 5.82 Å². The number of benzene rings is 1. The molecule has 4 rings (SSSR count). The SMILES string of the molecule is CC1(c2noc(C3CCOCC3)n2)CCCN(C(=O)Cc2cccc(Cl)c2)C1. The lowest BCUT2D eigenvalue weighted by atomic mass is 9.81. The van der Waals surface area contributed by atoms with Gasteiger partial charge in [0.1, 0.15) is 0 Å². The van der Waals surface area contributed by atoms with E-state index in [0.29, 0.717) is 29.7 Å². The van der Waals surface area contributed by atoms with E-state index < -0.39 is 0 Å². The zero-order valence-corrected chi connectivity index (χ0v) is 17.0. The summed E-state index contributed by atoms with van der Waals surface area (Å²) in [5.74, 6) is 1.82. The van der Waals surface area contributed by atoms with E-state index in [0.717, 1.165) is 51.0 Å². The van der Waals surface area contributed by atoms with Gasteiger partial charge < -0.3 is 14.2 Å². The van der Waals surface area contributed by atoms with Gasteiger partial charge in [-0.25, -0.2) is 0 Å². The lowest BCUT2D eigenvalue weighted by Gasteiger charge is -2.38. The zero-order valence-electron chi connectivity index (χ0n) is 16.2. The van der Waals surface area contributed by atoms with Gasteiger partial charge in [-0.2, -0.15) is 4.98 Å². The van der Waals surface area contributed by atoms with Crippen LogP contribution in [-0.4, -0.2) is 47.3 Å². The molecule has 28 heavy (non-hydrogen) atoms. The van der Waals surface area contributed by atoms with Crippen LogP contribution in [0.3, 0.4) is 0 Å². The van der Waals surface area contributed by atoms with E-state index in [1.165, 1.54) is 0 Å². The van der Waals surface area contributed by atoms with Gasteiger partial charge >= 0.3 is 0 Å². The Morgan fingerprint density at radius 3 is 2.96 bits per heavy atom. The molecule has 1 aromatic heterocycles. The highest BCUT2D eigenvalue weighted by atomic mass is 35.5. The van der Waals surface area contributed by atoms with Crippen molar-refractivity contribution in [2.45, 2.75) is 50.4 Å². The molecule has 0 spiro atoms. The summed E-state index contributed by atoms with van der Waals surface area (Å²) in [5, 5.41) is 4.95. The first kappa shape index (κ1) is 19.4. The molecular weight excluding hydrogens is 378 g/mol. The minimum absolute atomic E-state index is 0.112. The fourth-order valence-electron chi connectivity index (χ4n) is 4.16. The van der Waals surface area contributed by atoms with Crippen molar-refractivity contribution in [2.24, 2.45) is 0 Å². The largest absolute Gasteiger partial charge is 0.381 e. The standard InChI is InChI=1S/C21H26ClN3O3/c1-21(20-23-19(28-24-20)16-6-10-27-11-7-16)8-3-9-25(14-21)18(26)13-15-4-2-5-17(22)12-15/h2,4-5,12,16H,3,6-11,13-14H2,1H3. The molecule has 1 amide bonds. The Morgan fingerprint density at radius 2 is 2.18 bits per heavy atom. The van der Waals surface area contributed by atoms with Crippen molar-refractivity contribution in [2.75, 3.05) is 26.3 Å². The summed E-state index contributed by atoms with van der Waals surface area (Å²) in [6, 6.07) is 7.48. The third-order valence-electron chi connectivity index (χ3n) is 5.85. The van der Waals surface area contributed by atoms with Crippen molar-refractivity contribution in [3.63, 3.8) is 0 Å². The Morgan fingerprint density at radius 1 is 1.36 bits per heavy atom. The monoisotopic (exact) mass is 403 g/mol. The van der Waals surface area contributed by atoms with Crippen LogP contribution in [0.25, 0.3) is 0 Å². The second-order valence-electron chi connectivity index (χ2n) is 8.13. The number of hydrogen-bond donors (Lipinski definition) is 0. The van der Waals surface area contributed by atoms with Crippen molar-refractivity contribution in [3.05, 3.63) is 46.6 Å². The van der Waals surface area contributed by atoms with E-state index in [9.17, 15) is 4.79 Å². The maximum absolute atomic E-state index is 12.9. The quantitative estimate of drug-likeness (QED) is 0.777. The predicted octanol–water partition coefficient (Wildman–Crippen LogP) is 3.74. The molecule has 2 saturated heterocycles. The molecule has 3 heterocycles. The van der Waals surface area contributed by atoms with Gasteiger partial charge in [0.05, 0.1) is 6.42 Å². The number of likely N-dealkylation sites (tertiary alicyclic amines) is 1. The Kier molecular flexibility index (Phi) is 5.69. The molecule has 2 aromatic rings. The average Bonchev–Trinajstić information content (AvgIpc) is 3.20. The molecule has 7 heteroatoms. The van der Waals surface area contributed by atoms with Crippen LogP contribution >= 0.6 is 11.6 Å². The first-order chi connectivity index (χ1) is 13.5. The van der Waals surface area contributed by atoms with Gasteiger partial charge in [0.25, 0.3) is 0 Å². The summed E-state index contributed by atoms with van der Waals surface area (Å²) in [6.45, 7) is 4.99. The topological polar surface area (TPSA) is 68.5 Å². The molecule has 2 aliphatic heterocycles. The zero-order chi connectivity index (χ0) is 19.6. The highest BCUT2D eigenvalue weighted by Gasteiger charge is 2.39. The number of rotatable bonds is 4. The highest BCUT2D eigenvalue weighted by molar-refractivity contribution is 6.30. The number of carbonyl (C=O) groups is 1. The maximum atomic E-state index is 12.9. The molecule has 1 aromatic carbocycles. The van der Waals surface area contributed by atoms with E-state index >= 15 is 0 Å². The summed E-state index contributed by atoms with van der Waals surface area (Å²) < 4.78 is 11.0. The van der Waals surface area contributed by atoms with Crippen LogP contribution in [0.15, 0.2) is 28.8 Å². The molecule has 1 unspecified atom stereocenters. The Balaban J connectivity index is 1.44. The number of piperidine rings is 1. The Bertz CT molecular complexity index is 834. The molecule has 0 bridgehead atoms. The number of ether oxygens (including phenoxy) is 1. The fourth-order valence-corrected chi connectivity index (χ4v) is 4.37. The van der Waals surface area contributed by atoms with Gasteiger partial charge in [-0.15, -0.1) is 0 Å². The Hall–Kier alpha value is -1.92. The van der Waals surface area contributed by atoms with E-state index in [2.05, 4.69) is 12.1 Å². The second-order valence-corrected chi connectivity index (χ2v) is 8.57. The van der Waals surface area contributed by atoms with Crippen LogP contribution in [0.4, 0.5) is 0 Å². The fraction of sp³-hybridized carbons (Fsp3) is 0.571. The molecule has 0 aliphatic carbocycles. The molecule has 0 saturated carbocycles. The smallest absolute Gasteiger partial charge is 0.229 e. The summed E-state index contributed by atoms with van der Waals surface area (Å²) in [4.78, 5) is 19.5. The summed E-state index contributed by atoms with van der Waals surface area (Å²) in [5.41, 5.74) is 0.654. The third-order valence-corrected chi connectivity index (χ3v) is 6.08. The van der Waals surface area contributed by atoms with Crippen LogP contribution in [0.5, 0.6) is 0 Å². The lowest BCUT2D eigenvalue weighted by Crippen LogP contribution is -2.48. The Labute approximate surface area is 170 Å². The van der Waals surface area contributed by atoms with Crippen LogP contribution in [-0.2, 0) is 21.4 Å². The molecule has 0 N–H and O–H groups in total. The van der Waals surface area contributed by atoms with E-state index in [1.807, 2.05) is 29.2 Å². The number of nitrogens with zero attached hydrogens (tertiary/aromatic N) is 3. The summed E-state index contributed by atoms with van der Waals surface area (Å²) >= 11 is 6.05. The van der Waals surface area contributed by atoms with Crippen LogP contribution in [0.2, 0.25) is 5.02 Å². The van der Waals surface area contributed by atoms with Crippen LogP contribution in [0.1, 0.15) is 55.8 Å². The molecule has 2 fully saturated rings. The van der Waals surface area contributed by atoms with Crippen molar-refractivity contribution in [1.29, 1.82) is 0 Å². The van der Waals surface area contributed by atoms with Crippen LogP contribution in [0, 0.1) is 0 Å². The number of aromatic nitrogens is 2. The van der Waals surface area contributed by atoms with E-state index in [1.54, 1.807) is 0 Å². The molecular formula is C21H26ClN3O3. The summed E-state index contributed by atoms with van der Waals surface area (Å²) in [7, 11) is 0. The van der Waals surface area contributed by atoms with Gasteiger partial charge in [-0.1, -0.05) is 35.8 Å². The molecule has 6 nitrogen and oxygen atoms in total. The second kappa shape index (κ2) is 8.21. The van der Waals surface area contributed by atoms with Gasteiger partial charge in [-0.05, 0) is 43.4 Å². The lowest BCUT2D eigenvalue weighted by molar-refractivity contribution is -0.132. The number of carbonyl (C=O) groups excluding carboxylic acids is 1. The normalized spacial score (nSPS) is 23.7. The van der Waals surface area contributed by atoms with Crippen molar-refractivity contribution >= 4 is 17.5 Å². The van der Waals surface area contributed by atoms with Crippen molar-refractivity contribution < 1.29 is 14.1 Å². The minimum atomic E-state index is -0.283. The van der Waals surface area contributed by atoms with Gasteiger partial charge in [-0.3, -0.25) is 4.79 Å². The number of halogens is 1. The highest BCUT2D eigenvalue weighted by Crippen LogP contribution is 2.34. The van der Waals surface area contributed by atoms with Gasteiger partial charge in [0.2, 0.25) is 11.8 Å². The first-order valence-electron chi connectivity index (χ1n) is 9.97. The van der Waals surface area contributed by atoms with E-state index in [4.69, 9.17) is 25.8 Å². The average molecular weight is 404 g/mol. The number of hydrogen-bond acceptors (Lipinski definition) is 5. The maximum Gasteiger partial charge on any atom is 0.229 e. The molecule has 0 radical (unpaired) electrons. The predicted molar refractivity (Wildman–Crippen MR) is 105 cm³/mol.